The molecular weight excluding hydrogens is 452 g/mol. The van der Waals surface area contributed by atoms with Gasteiger partial charge in [0.2, 0.25) is 5.91 Å². The second kappa shape index (κ2) is 9.92. The van der Waals surface area contributed by atoms with Crippen molar-refractivity contribution in [2.45, 2.75) is 38.1 Å². The number of benzene rings is 1. The first-order valence-corrected chi connectivity index (χ1v) is 12.6. The van der Waals surface area contributed by atoms with E-state index in [-0.39, 0.29) is 11.8 Å². The van der Waals surface area contributed by atoms with Crippen molar-refractivity contribution in [3.8, 4) is 0 Å². The van der Waals surface area contributed by atoms with Crippen molar-refractivity contribution in [2.75, 3.05) is 38.0 Å². The molecule has 34 heavy (non-hydrogen) atoms. The molecule has 7 nitrogen and oxygen atoms in total. The van der Waals surface area contributed by atoms with Crippen LogP contribution in [0.1, 0.15) is 42.1 Å². The number of aliphatic carboxylic acids is 1. The number of nitrogens with one attached hydrogen (secondary N) is 1. The number of rotatable bonds is 6. The van der Waals surface area contributed by atoms with Crippen LogP contribution in [0.15, 0.2) is 36.4 Å². The number of carboxylic acid groups (broad SMARTS) is 1. The van der Waals surface area contributed by atoms with E-state index in [1.54, 1.807) is 24.3 Å². The Balaban J connectivity index is 1.12. The quantitative estimate of drug-likeness (QED) is 0.654. The standard InChI is InChI=1S/C26H31ClN4O3/c27-22-6-2-1-5-21(22)23(26(33)34)31-15-19(16-31)25(32)30-12-9-17(10-13-30)14-20-8-7-18-4-3-11-28-24(18)29-20/h1-2,5-8,17,19,23H,3-4,9-16H2,(H,28,29)(H,33,34)/t23-/m0/s1. The van der Waals surface area contributed by atoms with Crippen molar-refractivity contribution in [2.24, 2.45) is 11.8 Å². The number of hydrogen-bond acceptors (Lipinski definition) is 5. The van der Waals surface area contributed by atoms with E-state index in [4.69, 9.17) is 16.6 Å². The summed E-state index contributed by atoms with van der Waals surface area (Å²) in [6.07, 6.45) is 5.17. The fraction of sp³-hybridized carbons (Fsp3) is 0.500. The molecule has 2 N–H and O–H groups in total. The molecule has 0 unspecified atom stereocenters. The molecule has 0 radical (unpaired) electrons. The van der Waals surface area contributed by atoms with Crippen molar-refractivity contribution < 1.29 is 14.7 Å². The zero-order valence-corrected chi connectivity index (χ0v) is 20.0. The summed E-state index contributed by atoms with van der Waals surface area (Å²) in [5, 5.41) is 13.6. The number of hydrogen-bond donors (Lipinski definition) is 2. The van der Waals surface area contributed by atoms with Gasteiger partial charge in [0.25, 0.3) is 0 Å². The van der Waals surface area contributed by atoms with E-state index in [9.17, 15) is 14.7 Å². The third-order valence-electron chi connectivity index (χ3n) is 7.43. The Morgan fingerprint density at radius 3 is 2.65 bits per heavy atom. The number of carbonyl (C=O) groups is 2. The first-order chi connectivity index (χ1) is 16.5. The Labute approximate surface area is 205 Å². The van der Waals surface area contributed by atoms with Crippen LogP contribution in [0.5, 0.6) is 0 Å². The summed E-state index contributed by atoms with van der Waals surface area (Å²) >= 11 is 6.24. The fourth-order valence-corrected chi connectivity index (χ4v) is 5.70. The van der Waals surface area contributed by atoms with Crippen LogP contribution in [0, 0.1) is 11.8 Å². The maximum Gasteiger partial charge on any atom is 0.325 e. The van der Waals surface area contributed by atoms with Crippen LogP contribution in [0.4, 0.5) is 5.82 Å². The Hall–Kier alpha value is -2.64. The highest BCUT2D eigenvalue weighted by Crippen LogP contribution is 2.34. The average Bonchev–Trinajstić information content (AvgIpc) is 2.81. The molecule has 1 aromatic heterocycles. The van der Waals surface area contributed by atoms with Crippen molar-refractivity contribution >= 4 is 29.3 Å². The van der Waals surface area contributed by atoms with E-state index in [1.165, 1.54) is 5.56 Å². The number of fused-ring (bicyclic) bond motifs is 1. The lowest BCUT2D eigenvalue weighted by Gasteiger charge is -2.44. The number of halogens is 1. The van der Waals surface area contributed by atoms with Crippen LogP contribution in [-0.2, 0) is 22.4 Å². The second-order valence-corrected chi connectivity index (χ2v) is 10.1. The van der Waals surface area contributed by atoms with Gasteiger partial charge in [-0.15, -0.1) is 0 Å². The Bertz CT molecular complexity index is 1060. The number of anilines is 1. The molecule has 2 fully saturated rings. The SMILES string of the molecule is O=C(O)[C@H](c1ccccc1Cl)N1CC(C(=O)N2CCC(Cc3ccc4c(n3)NCCC4)CC2)C1. The van der Waals surface area contributed by atoms with Gasteiger partial charge in [-0.1, -0.05) is 35.9 Å². The molecule has 3 aliphatic heterocycles. The summed E-state index contributed by atoms with van der Waals surface area (Å²) in [5.41, 5.74) is 3.02. The molecule has 5 rings (SSSR count). The number of nitrogens with zero attached hydrogens (tertiary/aromatic N) is 3. The molecule has 1 aromatic carbocycles. The van der Waals surface area contributed by atoms with Crippen molar-refractivity contribution in [3.05, 3.63) is 58.2 Å². The number of aryl methyl sites for hydroxylation is 1. The van der Waals surface area contributed by atoms with Crippen LogP contribution < -0.4 is 5.32 Å². The molecule has 3 aliphatic rings. The fourth-order valence-electron chi connectivity index (χ4n) is 5.46. The second-order valence-electron chi connectivity index (χ2n) is 9.73. The third-order valence-corrected chi connectivity index (χ3v) is 7.78. The lowest BCUT2D eigenvalue weighted by atomic mass is 9.89. The Kier molecular flexibility index (Phi) is 6.75. The largest absolute Gasteiger partial charge is 0.480 e. The molecular formula is C26H31ClN4O3. The molecule has 0 aliphatic carbocycles. The third kappa shape index (κ3) is 4.77. The van der Waals surface area contributed by atoms with E-state index in [0.29, 0.717) is 29.6 Å². The maximum absolute atomic E-state index is 13.1. The zero-order valence-electron chi connectivity index (χ0n) is 19.3. The highest BCUT2D eigenvalue weighted by molar-refractivity contribution is 6.31. The van der Waals surface area contributed by atoms with Gasteiger partial charge in [0.05, 0.1) is 5.92 Å². The topological polar surface area (TPSA) is 85.8 Å². The first-order valence-electron chi connectivity index (χ1n) is 12.2. The number of likely N-dealkylation sites (tertiary alicyclic amines) is 2. The number of aromatic nitrogens is 1. The van der Waals surface area contributed by atoms with Crippen LogP contribution in [-0.4, -0.2) is 64.5 Å². The Morgan fingerprint density at radius 2 is 1.91 bits per heavy atom. The van der Waals surface area contributed by atoms with Crippen molar-refractivity contribution in [1.29, 1.82) is 0 Å². The molecule has 4 heterocycles. The molecule has 2 aromatic rings. The minimum absolute atomic E-state index is 0.144. The van der Waals surface area contributed by atoms with Gasteiger partial charge in [0.15, 0.2) is 0 Å². The normalized spacial score (nSPS) is 20.2. The monoisotopic (exact) mass is 482 g/mol. The average molecular weight is 483 g/mol. The minimum atomic E-state index is -0.939. The van der Waals surface area contributed by atoms with Crippen LogP contribution in [0.25, 0.3) is 0 Å². The van der Waals surface area contributed by atoms with Crippen molar-refractivity contribution in [3.63, 3.8) is 0 Å². The number of piperidine rings is 1. The molecule has 8 heteroatoms. The highest BCUT2D eigenvalue weighted by Gasteiger charge is 2.42. The molecule has 0 bridgehead atoms. The lowest BCUT2D eigenvalue weighted by Crippen LogP contribution is -2.57. The van der Waals surface area contributed by atoms with Crippen molar-refractivity contribution in [1.82, 2.24) is 14.8 Å². The summed E-state index contributed by atoms with van der Waals surface area (Å²) in [4.78, 5) is 33.6. The van der Waals surface area contributed by atoms with Gasteiger partial charge >= 0.3 is 5.97 Å². The van der Waals surface area contributed by atoms with E-state index in [0.717, 1.165) is 63.3 Å². The molecule has 180 valence electrons. The summed E-state index contributed by atoms with van der Waals surface area (Å²) in [6.45, 7) is 3.42. The predicted molar refractivity (Wildman–Crippen MR) is 131 cm³/mol. The molecule has 1 atom stereocenters. The molecule has 2 saturated heterocycles. The lowest BCUT2D eigenvalue weighted by molar-refractivity contribution is -0.153. The zero-order chi connectivity index (χ0) is 23.7. The number of carbonyl (C=O) groups excluding carboxylic acids is 1. The first kappa shape index (κ1) is 23.1. The number of amides is 1. The highest BCUT2D eigenvalue weighted by atomic mass is 35.5. The van der Waals surface area contributed by atoms with Gasteiger partial charge in [0.1, 0.15) is 11.9 Å². The van der Waals surface area contributed by atoms with Crippen LogP contribution in [0.3, 0.4) is 0 Å². The predicted octanol–water partition coefficient (Wildman–Crippen LogP) is 3.63. The molecule has 0 spiro atoms. The number of pyridine rings is 1. The van der Waals surface area contributed by atoms with Crippen LogP contribution >= 0.6 is 11.6 Å². The van der Waals surface area contributed by atoms with Gasteiger partial charge in [-0.3, -0.25) is 14.5 Å². The summed E-state index contributed by atoms with van der Waals surface area (Å²) < 4.78 is 0. The Morgan fingerprint density at radius 1 is 1.15 bits per heavy atom. The smallest absolute Gasteiger partial charge is 0.325 e. The van der Waals surface area contributed by atoms with Gasteiger partial charge in [-0.05, 0) is 61.3 Å². The van der Waals surface area contributed by atoms with Crippen LogP contribution in [0.2, 0.25) is 5.02 Å². The van der Waals surface area contributed by atoms with E-state index in [2.05, 4.69) is 17.4 Å². The van der Waals surface area contributed by atoms with Gasteiger partial charge in [-0.2, -0.15) is 0 Å². The summed E-state index contributed by atoms with van der Waals surface area (Å²) in [5.74, 6) is 0.643. The van der Waals surface area contributed by atoms with E-state index in [1.807, 2.05) is 9.80 Å². The van der Waals surface area contributed by atoms with Gasteiger partial charge < -0.3 is 15.3 Å². The summed E-state index contributed by atoms with van der Waals surface area (Å²) in [6, 6.07) is 10.6. The number of carboxylic acids is 1. The maximum atomic E-state index is 13.1. The van der Waals surface area contributed by atoms with Gasteiger partial charge in [-0.25, -0.2) is 4.98 Å². The van der Waals surface area contributed by atoms with E-state index >= 15 is 0 Å². The van der Waals surface area contributed by atoms with Gasteiger partial charge in [0, 0.05) is 43.4 Å². The summed E-state index contributed by atoms with van der Waals surface area (Å²) in [7, 11) is 0. The molecule has 1 amide bonds. The molecule has 0 saturated carbocycles. The minimum Gasteiger partial charge on any atom is -0.480 e. The van der Waals surface area contributed by atoms with E-state index < -0.39 is 12.0 Å².